The zero-order chi connectivity index (χ0) is 10.4. The number of rotatable bonds is 6. The van der Waals surface area contributed by atoms with Crippen molar-refractivity contribution in [3.8, 4) is 0 Å². The molecule has 14 heavy (non-hydrogen) atoms. The highest BCUT2D eigenvalue weighted by Gasteiger charge is 2.01. The van der Waals surface area contributed by atoms with Crippen molar-refractivity contribution in [1.29, 1.82) is 0 Å². The molecule has 2 N–H and O–H groups in total. The number of thioether (sulfide) groups is 1. The van der Waals surface area contributed by atoms with Crippen molar-refractivity contribution in [1.82, 2.24) is 20.5 Å². The van der Waals surface area contributed by atoms with E-state index in [1.54, 1.807) is 11.8 Å². The molecule has 1 aromatic rings. The fraction of sp³-hybridized carbons (Fsp3) is 0.778. The van der Waals surface area contributed by atoms with Crippen LogP contribution in [0.25, 0.3) is 0 Å². The van der Waals surface area contributed by atoms with Crippen molar-refractivity contribution in [3.63, 3.8) is 0 Å². The largest absolute Gasteiger partial charge is 0.317 e. The SMILES string of the molecule is CNC(C)CCCSc1n[nH]c(C)n1. The number of nitrogens with zero attached hydrogens (tertiary/aromatic N) is 2. The minimum Gasteiger partial charge on any atom is -0.317 e. The second-order valence-electron chi connectivity index (χ2n) is 3.38. The van der Waals surface area contributed by atoms with E-state index in [4.69, 9.17) is 0 Å². The van der Waals surface area contributed by atoms with Crippen LogP contribution < -0.4 is 5.32 Å². The molecule has 0 aromatic carbocycles. The maximum absolute atomic E-state index is 4.23. The molecular formula is C9H18N4S. The van der Waals surface area contributed by atoms with Crippen molar-refractivity contribution >= 4 is 11.8 Å². The van der Waals surface area contributed by atoms with Gasteiger partial charge in [0.1, 0.15) is 5.82 Å². The van der Waals surface area contributed by atoms with Crippen LogP contribution in [0.3, 0.4) is 0 Å². The number of aryl methyl sites for hydroxylation is 1. The summed E-state index contributed by atoms with van der Waals surface area (Å²) in [6, 6.07) is 0.601. The Balaban J connectivity index is 2.10. The van der Waals surface area contributed by atoms with E-state index in [2.05, 4.69) is 27.4 Å². The lowest BCUT2D eigenvalue weighted by Gasteiger charge is -2.07. The van der Waals surface area contributed by atoms with E-state index < -0.39 is 0 Å². The molecule has 0 amide bonds. The van der Waals surface area contributed by atoms with Gasteiger partial charge in [-0.3, -0.25) is 5.10 Å². The Kier molecular flexibility index (Phi) is 4.97. The van der Waals surface area contributed by atoms with Gasteiger partial charge in [0.15, 0.2) is 0 Å². The van der Waals surface area contributed by atoms with Gasteiger partial charge < -0.3 is 5.32 Å². The van der Waals surface area contributed by atoms with E-state index in [1.807, 2.05) is 14.0 Å². The average molecular weight is 214 g/mol. The molecule has 1 aromatic heterocycles. The van der Waals surface area contributed by atoms with Crippen molar-refractivity contribution in [3.05, 3.63) is 5.82 Å². The first-order valence-electron chi connectivity index (χ1n) is 4.91. The minimum atomic E-state index is 0.601. The Labute approximate surface area is 89.3 Å². The monoisotopic (exact) mass is 214 g/mol. The molecule has 0 aliphatic heterocycles. The van der Waals surface area contributed by atoms with E-state index in [-0.39, 0.29) is 0 Å². The Bertz CT molecular complexity index is 261. The van der Waals surface area contributed by atoms with Gasteiger partial charge in [-0.2, -0.15) is 0 Å². The zero-order valence-corrected chi connectivity index (χ0v) is 9.82. The number of aromatic amines is 1. The number of hydrogen-bond donors (Lipinski definition) is 2. The van der Waals surface area contributed by atoms with Gasteiger partial charge in [-0.15, -0.1) is 5.10 Å². The molecule has 0 saturated carbocycles. The van der Waals surface area contributed by atoms with E-state index in [0.29, 0.717) is 6.04 Å². The summed E-state index contributed by atoms with van der Waals surface area (Å²) in [7, 11) is 2.00. The molecule has 0 saturated heterocycles. The third-order valence-electron chi connectivity index (χ3n) is 2.08. The van der Waals surface area contributed by atoms with E-state index in [1.165, 1.54) is 12.8 Å². The summed E-state index contributed by atoms with van der Waals surface area (Å²) in [4.78, 5) is 4.23. The quantitative estimate of drug-likeness (QED) is 0.558. The molecule has 5 heteroatoms. The topological polar surface area (TPSA) is 53.6 Å². The second-order valence-corrected chi connectivity index (χ2v) is 4.45. The molecule has 80 valence electrons. The molecule has 0 spiro atoms. The summed E-state index contributed by atoms with van der Waals surface area (Å²) in [6.07, 6.45) is 2.40. The third kappa shape index (κ3) is 4.11. The smallest absolute Gasteiger partial charge is 0.208 e. The van der Waals surface area contributed by atoms with Crippen LogP contribution in [-0.4, -0.2) is 34.0 Å². The summed E-state index contributed by atoms with van der Waals surface area (Å²) in [5.74, 6) is 1.97. The van der Waals surface area contributed by atoms with Crippen LogP contribution in [0.2, 0.25) is 0 Å². The summed E-state index contributed by atoms with van der Waals surface area (Å²) in [5.41, 5.74) is 0. The highest BCUT2D eigenvalue weighted by molar-refractivity contribution is 7.99. The van der Waals surface area contributed by atoms with E-state index in [9.17, 15) is 0 Å². The maximum Gasteiger partial charge on any atom is 0.208 e. The number of hydrogen-bond acceptors (Lipinski definition) is 4. The van der Waals surface area contributed by atoms with Gasteiger partial charge in [-0.25, -0.2) is 4.98 Å². The lowest BCUT2D eigenvalue weighted by molar-refractivity contribution is 0.559. The number of aromatic nitrogens is 3. The molecule has 0 aliphatic rings. The molecule has 0 radical (unpaired) electrons. The predicted octanol–water partition coefficient (Wildman–Crippen LogP) is 1.59. The molecule has 1 heterocycles. The third-order valence-corrected chi connectivity index (χ3v) is 3.02. The van der Waals surface area contributed by atoms with Crippen molar-refractivity contribution in [2.75, 3.05) is 12.8 Å². The van der Waals surface area contributed by atoms with Crippen molar-refractivity contribution in [2.45, 2.75) is 37.9 Å². The van der Waals surface area contributed by atoms with E-state index in [0.717, 1.165) is 16.7 Å². The van der Waals surface area contributed by atoms with Crippen LogP contribution in [0.15, 0.2) is 5.16 Å². The fourth-order valence-corrected chi connectivity index (χ4v) is 1.89. The Hall–Kier alpha value is -0.550. The van der Waals surface area contributed by atoms with Crippen LogP contribution in [0.4, 0.5) is 0 Å². The molecule has 4 nitrogen and oxygen atoms in total. The summed E-state index contributed by atoms with van der Waals surface area (Å²) in [6.45, 7) is 4.11. The number of H-pyrrole nitrogens is 1. The molecule has 0 fully saturated rings. The van der Waals surface area contributed by atoms with Gasteiger partial charge in [0.25, 0.3) is 0 Å². The number of nitrogens with one attached hydrogen (secondary N) is 2. The second kappa shape index (κ2) is 6.03. The highest BCUT2D eigenvalue weighted by Crippen LogP contribution is 2.14. The molecule has 0 bridgehead atoms. The maximum atomic E-state index is 4.23. The molecule has 1 atom stereocenters. The van der Waals surface area contributed by atoms with Gasteiger partial charge >= 0.3 is 0 Å². The minimum absolute atomic E-state index is 0.601. The van der Waals surface area contributed by atoms with Gasteiger partial charge in [0, 0.05) is 11.8 Å². The van der Waals surface area contributed by atoms with Gasteiger partial charge in [-0.1, -0.05) is 11.8 Å². The highest BCUT2D eigenvalue weighted by atomic mass is 32.2. The van der Waals surface area contributed by atoms with Crippen LogP contribution >= 0.6 is 11.8 Å². The van der Waals surface area contributed by atoms with Crippen LogP contribution in [-0.2, 0) is 0 Å². The lowest BCUT2D eigenvalue weighted by atomic mass is 10.2. The average Bonchev–Trinajstić information content (AvgIpc) is 2.58. The molecule has 0 aliphatic carbocycles. The standard InChI is InChI=1S/C9H18N4S/c1-7(10-3)5-4-6-14-9-11-8(2)12-13-9/h7,10H,4-6H2,1-3H3,(H,11,12,13). The first-order valence-corrected chi connectivity index (χ1v) is 5.90. The van der Waals surface area contributed by atoms with Crippen molar-refractivity contribution < 1.29 is 0 Å². The Morgan fingerprint density at radius 2 is 2.36 bits per heavy atom. The molecule has 1 rings (SSSR count). The van der Waals surface area contributed by atoms with Crippen LogP contribution in [0.5, 0.6) is 0 Å². The van der Waals surface area contributed by atoms with Gasteiger partial charge in [0.2, 0.25) is 5.16 Å². The first kappa shape index (κ1) is 11.5. The first-order chi connectivity index (χ1) is 6.72. The van der Waals surface area contributed by atoms with E-state index >= 15 is 0 Å². The molecule has 1 unspecified atom stereocenters. The Morgan fingerprint density at radius 3 is 2.93 bits per heavy atom. The Morgan fingerprint density at radius 1 is 1.57 bits per heavy atom. The normalized spacial score (nSPS) is 13.1. The van der Waals surface area contributed by atoms with Crippen molar-refractivity contribution in [2.24, 2.45) is 0 Å². The van der Waals surface area contributed by atoms with Gasteiger partial charge in [0.05, 0.1) is 0 Å². The summed E-state index contributed by atoms with van der Waals surface area (Å²) in [5, 5.41) is 11.0. The predicted molar refractivity (Wildman–Crippen MR) is 59.6 cm³/mol. The van der Waals surface area contributed by atoms with Gasteiger partial charge in [-0.05, 0) is 33.7 Å². The lowest BCUT2D eigenvalue weighted by Crippen LogP contribution is -2.20. The van der Waals surface area contributed by atoms with Crippen LogP contribution in [0.1, 0.15) is 25.6 Å². The fourth-order valence-electron chi connectivity index (χ4n) is 1.08. The molecular weight excluding hydrogens is 196 g/mol. The summed E-state index contributed by atoms with van der Waals surface area (Å²) < 4.78 is 0. The zero-order valence-electron chi connectivity index (χ0n) is 9.00. The van der Waals surface area contributed by atoms with Crippen LogP contribution in [0, 0.1) is 6.92 Å². The summed E-state index contributed by atoms with van der Waals surface area (Å²) >= 11 is 1.71.